The normalized spacial score (nSPS) is 12.3. The van der Waals surface area contributed by atoms with Crippen LogP contribution in [-0.2, 0) is 5.41 Å². The van der Waals surface area contributed by atoms with Gasteiger partial charge in [0.2, 0.25) is 6.79 Å². The first-order valence-corrected chi connectivity index (χ1v) is 45.0. The van der Waals surface area contributed by atoms with Gasteiger partial charge in [-0.2, -0.15) is 0 Å². The lowest BCUT2D eigenvalue weighted by Crippen LogP contribution is -2.29. The molecule has 0 spiro atoms. The van der Waals surface area contributed by atoms with Crippen LogP contribution >= 0.6 is 0 Å². The zero-order valence-electron chi connectivity index (χ0n) is 71.8. The van der Waals surface area contributed by atoms with Gasteiger partial charge in [0.25, 0.3) is 0 Å². The minimum Gasteiger partial charge on any atom is -0.456 e. The molecule has 0 fully saturated rings. The number of hydrogen-bond donors (Lipinski definition) is 0. The Balaban J connectivity index is 0.794. The van der Waals surface area contributed by atoms with E-state index in [4.69, 9.17) is 13.9 Å². The number of furan rings is 1. The molecule has 21 aromatic carbocycles. The van der Waals surface area contributed by atoms with Gasteiger partial charge in [-0.15, -0.1) is 0 Å². The van der Waals surface area contributed by atoms with E-state index in [0.717, 1.165) is 233 Å². The molecule has 0 bridgehead atoms. The summed E-state index contributed by atoms with van der Waals surface area (Å²) >= 11 is 0. The molecule has 3 nitrogen and oxygen atoms in total. The maximum absolute atomic E-state index is 7.07. The third kappa shape index (κ3) is 14.6. The van der Waals surface area contributed by atoms with Gasteiger partial charge in [0.15, 0.2) is 11.5 Å². The number of benzene rings is 21. The van der Waals surface area contributed by atoms with Crippen LogP contribution in [0.2, 0.25) is 0 Å². The summed E-state index contributed by atoms with van der Waals surface area (Å²) in [6, 6.07) is 184. The Morgan fingerprint density at radius 1 is 0.160 bits per heavy atom. The standard InChI is InChI=1S/C128H84O3/c1-9-31-84(32-10-1)100-63-101(85-33-11-2-12-34-85)68-108(67-100)92-47-27-51-96(59-92)112-75-113(97-52-28-48-93(60-97)109-69-102(86-35-13-3-14-36-86)64-103(70-109)87-37-15-4-16-38-87)78-116(77-112)128(120-57-58-123-127(118-55-25-26-56-122(118)131-123)126(120)119-81-124-125(82-121(119)128)130-83-129-124)117-79-114(98-53-29-49-94(61-98)110-71-104(88-39-17-5-18-40-88)65-105(72-110)89-41-19-6-20-42-89)76-115(80-117)99-54-30-50-95(62-99)111-73-106(90-43-21-7-22-44-90)66-107(74-111)91-45-23-8-24-46-91/h1-82H,83H2. The van der Waals surface area contributed by atoms with Crippen molar-refractivity contribution in [3.63, 3.8) is 0 Å². The molecule has 2 heterocycles. The molecule has 1 aliphatic heterocycles. The Morgan fingerprint density at radius 2 is 0.382 bits per heavy atom. The molecule has 614 valence electrons. The van der Waals surface area contributed by atoms with Crippen LogP contribution in [-0.4, -0.2) is 6.79 Å². The molecule has 1 aliphatic carbocycles. The molecule has 0 amide bonds. The molecule has 2 aliphatic rings. The largest absolute Gasteiger partial charge is 0.456 e. The lowest BCUT2D eigenvalue weighted by atomic mass is 9.66. The van der Waals surface area contributed by atoms with Crippen LogP contribution in [0.3, 0.4) is 0 Å². The summed E-state index contributed by atoms with van der Waals surface area (Å²) in [6.45, 7) is 0.0833. The molecule has 0 atom stereocenters. The number of hydrogen-bond acceptors (Lipinski definition) is 3. The SMILES string of the molecule is c1ccc(-c2cc(-c3ccccc3)cc(-c3cccc(-c4cc(-c5cccc(-c6cc(-c7ccccc7)cc(-c7ccccc7)c6)c5)cc(C5(c6cc(-c7cccc(-c8cc(-c9ccccc9)cc(-c9ccccc9)c8)c7)cc(-c7cccc(-c8cc(-c9ccccc9)cc(-c9ccccc9)c8)c7)c6)c6cc7c(cc6-c6c5ccc5oc8ccccc8c65)OCO7)c4)c3)c2)cc1. The van der Waals surface area contributed by atoms with Crippen LogP contribution in [0.1, 0.15) is 22.3 Å². The highest BCUT2D eigenvalue weighted by Gasteiger charge is 2.49. The van der Waals surface area contributed by atoms with Gasteiger partial charge >= 0.3 is 0 Å². The van der Waals surface area contributed by atoms with E-state index < -0.39 is 5.41 Å². The van der Waals surface area contributed by atoms with Gasteiger partial charge in [0.05, 0.1) is 5.41 Å². The van der Waals surface area contributed by atoms with E-state index in [-0.39, 0.29) is 6.79 Å². The predicted octanol–water partition coefficient (Wildman–Crippen LogP) is 34.3. The van der Waals surface area contributed by atoms with Gasteiger partial charge in [-0.05, 0) is 369 Å². The van der Waals surface area contributed by atoms with Crippen LogP contribution in [0, 0.1) is 0 Å². The fourth-order valence-corrected chi connectivity index (χ4v) is 20.2. The number of rotatable bonds is 18. The maximum Gasteiger partial charge on any atom is 0.231 e. The highest BCUT2D eigenvalue weighted by molar-refractivity contribution is 6.16. The van der Waals surface area contributed by atoms with Crippen molar-refractivity contribution in [2.45, 2.75) is 5.41 Å². The van der Waals surface area contributed by atoms with E-state index in [1.165, 1.54) is 0 Å². The van der Waals surface area contributed by atoms with Gasteiger partial charge in [0, 0.05) is 10.8 Å². The Kier molecular flexibility index (Phi) is 19.6. The first-order valence-electron chi connectivity index (χ1n) is 45.0. The van der Waals surface area contributed by atoms with E-state index in [0.29, 0.717) is 11.5 Å². The monoisotopic (exact) mass is 1670 g/mol. The first kappa shape index (κ1) is 77.6. The Labute approximate surface area is 763 Å². The molecule has 3 heteroatoms. The molecule has 24 rings (SSSR count). The van der Waals surface area contributed by atoms with Gasteiger partial charge in [-0.1, -0.05) is 340 Å². The van der Waals surface area contributed by atoms with Crippen LogP contribution in [0.15, 0.2) is 502 Å². The van der Waals surface area contributed by atoms with E-state index in [2.05, 4.69) is 497 Å². The van der Waals surface area contributed by atoms with Crippen LogP contribution in [0.25, 0.3) is 211 Å². The average molecular weight is 1670 g/mol. The van der Waals surface area contributed by atoms with Gasteiger partial charge < -0.3 is 13.9 Å². The van der Waals surface area contributed by atoms with Crippen molar-refractivity contribution in [3.8, 4) is 201 Å². The summed E-state index contributed by atoms with van der Waals surface area (Å²) < 4.78 is 20.5. The molecule has 0 unspecified atom stereocenters. The number of ether oxygens (including phenoxy) is 2. The number of fused-ring (bicyclic) bond motifs is 8. The predicted molar refractivity (Wildman–Crippen MR) is 544 cm³/mol. The van der Waals surface area contributed by atoms with Crippen LogP contribution in [0.5, 0.6) is 11.5 Å². The summed E-state index contributed by atoms with van der Waals surface area (Å²) in [6.07, 6.45) is 0. The second-order valence-corrected chi connectivity index (χ2v) is 34.5. The van der Waals surface area contributed by atoms with Crippen molar-refractivity contribution in [3.05, 3.63) is 520 Å². The highest BCUT2D eigenvalue weighted by atomic mass is 16.7. The Hall–Kier alpha value is -17.0. The second-order valence-electron chi connectivity index (χ2n) is 34.5. The topological polar surface area (TPSA) is 31.6 Å². The molecular weight excluding hydrogens is 1590 g/mol. The molecule has 0 radical (unpaired) electrons. The Bertz CT molecular complexity index is 7130. The zero-order valence-corrected chi connectivity index (χ0v) is 71.8. The van der Waals surface area contributed by atoms with Crippen molar-refractivity contribution in [2.24, 2.45) is 0 Å². The maximum atomic E-state index is 7.07. The van der Waals surface area contributed by atoms with Crippen molar-refractivity contribution in [1.29, 1.82) is 0 Å². The molecule has 1 aromatic heterocycles. The van der Waals surface area contributed by atoms with Crippen molar-refractivity contribution in [1.82, 2.24) is 0 Å². The van der Waals surface area contributed by atoms with Gasteiger partial charge in [-0.25, -0.2) is 0 Å². The van der Waals surface area contributed by atoms with Crippen LogP contribution < -0.4 is 9.47 Å². The van der Waals surface area contributed by atoms with Crippen molar-refractivity contribution in [2.75, 3.05) is 6.79 Å². The van der Waals surface area contributed by atoms with Crippen molar-refractivity contribution >= 4 is 21.9 Å². The highest BCUT2D eigenvalue weighted by Crippen LogP contribution is 2.63. The minimum absolute atomic E-state index is 0.0833. The summed E-state index contributed by atoms with van der Waals surface area (Å²) in [5.74, 6) is 1.38. The van der Waals surface area contributed by atoms with E-state index in [1.54, 1.807) is 0 Å². The summed E-state index contributed by atoms with van der Waals surface area (Å²) in [7, 11) is 0. The third-order valence-corrected chi connectivity index (χ3v) is 26.6. The van der Waals surface area contributed by atoms with E-state index >= 15 is 0 Å². The summed E-state index contributed by atoms with van der Waals surface area (Å²) in [5, 5.41) is 2.07. The molecule has 131 heavy (non-hydrogen) atoms. The molecule has 22 aromatic rings. The third-order valence-electron chi connectivity index (χ3n) is 26.6. The fourth-order valence-electron chi connectivity index (χ4n) is 20.2. The Morgan fingerprint density at radius 3 is 0.656 bits per heavy atom. The minimum atomic E-state index is -1.16. The van der Waals surface area contributed by atoms with Gasteiger partial charge in [0.1, 0.15) is 11.2 Å². The quantitative estimate of drug-likeness (QED) is 0.0858. The van der Waals surface area contributed by atoms with E-state index in [1.807, 2.05) is 0 Å². The summed E-state index contributed by atoms with van der Waals surface area (Å²) in [4.78, 5) is 0. The van der Waals surface area contributed by atoms with Gasteiger partial charge in [-0.3, -0.25) is 0 Å². The fraction of sp³-hybridized carbons (Fsp3) is 0.0156. The molecule has 0 N–H and O–H groups in total. The lowest BCUT2D eigenvalue weighted by molar-refractivity contribution is 0.174. The second kappa shape index (κ2) is 33.1. The molecule has 0 saturated carbocycles. The number of para-hydroxylation sites is 1. The smallest absolute Gasteiger partial charge is 0.231 e. The molecular formula is C128H84O3. The zero-order chi connectivity index (χ0) is 86.7. The van der Waals surface area contributed by atoms with Crippen LogP contribution in [0.4, 0.5) is 0 Å². The lowest BCUT2D eigenvalue weighted by Gasteiger charge is -2.35. The average Bonchev–Trinajstić information content (AvgIpc) is 1.51. The molecule has 0 saturated heterocycles. The van der Waals surface area contributed by atoms with E-state index in [9.17, 15) is 0 Å². The van der Waals surface area contributed by atoms with Crippen molar-refractivity contribution < 1.29 is 13.9 Å². The first-order chi connectivity index (χ1) is 64.8. The summed E-state index contributed by atoms with van der Waals surface area (Å²) in [5.41, 5.74) is 42.5.